The smallest absolute Gasteiger partial charge is 0.149 e. The second kappa shape index (κ2) is 4.46. The molecule has 3 aliphatic rings. The van der Waals surface area contributed by atoms with Crippen molar-refractivity contribution in [3.05, 3.63) is 17.1 Å². The number of hydrogen-bond donors (Lipinski definition) is 2. The van der Waals surface area contributed by atoms with Crippen LogP contribution >= 0.6 is 0 Å². The molecule has 4 heterocycles. The fourth-order valence-corrected chi connectivity index (χ4v) is 2.80. The number of nitrogen functional groups attached to an aromatic ring is 1. The predicted octanol–water partition coefficient (Wildman–Crippen LogP) is 0.0513. The van der Waals surface area contributed by atoms with Crippen LogP contribution in [0.3, 0.4) is 0 Å². The van der Waals surface area contributed by atoms with E-state index in [1.165, 1.54) is 13.1 Å². The first-order valence-corrected chi connectivity index (χ1v) is 6.47. The van der Waals surface area contributed by atoms with Gasteiger partial charge in [0.2, 0.25) is 0 Å². The normalized spacial score (nSPS) is 30.5. The summed E-state index contributed by atoms with van der Waals surface area (Å²) in [5.41, 5.74) is 4.71. The number of aryl methyl sites for hydroxylation is 1. The maximum atomic E-state index is 5.53. The first kappa shape index (κ1) is 11.8. The van der Waals surface area contributed by atoms with Crippen LogP contribution in [0, 0.1) is 13.8 Å². The third-order valence-corrected chi connectivity index (χ3v) is 4.12. The minimum absolute atomic E-state index is 0.318. The summed E-state index contributed by atoms with van der Waals surface area (Å²) in [5, 5.41) is 0. The van der Waals surface area contributed by atoms with E-state index in [-0.39, 0.29) is 0 Å². The van der Waals surface area contributed by atoms with E-state index < -0.39 is 0 Å². The zero-order valence-electron chi connectivity index (χ0n) is 11.0. The van der Waals surface area contributed by atoms with Gasteiger partial charge in [0.15, 0.2) is 0 Å². The van der Waals surface area contributed by atoms with Gasteiger partial charge in [-0.1, -0.05) is 0 Å². The quantitative estimate of drug-likeness (QED) is 0.569. The zero-order chi connectivity index (χ0) is 12.7. The van der Waals surface area contributed by atoms with Crippen LogP contribution in [-0.2, 0) is 0 Å². The average molecular weight is 248 g/mol. The lowest BCUT2D eigenvalue weighted by Crippen LogP contribution is -2.57. The molecule has 1 aromatic heterocycles. The van der Waals surface area contributed by atoms with Crippen molar-refractivity contribution in [3.8, 4) is 0 Å². The Morgan fingerprint density at radius 3 is 2.44 bits per heavy atom. The minimum atomic E-state index is 0.318. The van der Waals surface area contributed by atoms with Gasteiger partial charge in [-0.2, -0.15) is 0 Å². The molecule has 3 saturated heterocycles. The number of rotatable bonds is 2. The van der Waals surface area contributed by atoms with Gasteiger partial charge in [0, 0.05) is 44.0 Å². The van der Waals surface area contributed by atoms with Crippen LogP contribution in [0.2, 0.25) is 0 Å². The Kier molecular flexibility index (Phi) is 2.93. The van der Waals surface area contributed by atoms with Gasteiger partial charge in [-0.3, -0.25) is 9.80 Å². The minimum Gasteiger partial charge on any atom is -0.308 e. The molecule has 4 rings (SSSR count). The van der Waals surface area contributed by atoms with Crippen LogP contribution in [0.4, 0.5) is 5.82 Å². The second-order valence-corrected chi connectivity index (χ2v) is 5.14. The molecule has 0 aliphatic carbocycles. The summed E-state index contributed by atoms with van der Waals surface area (Å²) in [7, 11) is 0. The van der Waals surface area contributed by atoms with Gasteiger partial charge in [-0.05, 0) is 13.8 Å². The van der Waals surface area contributed by atoms with Crippen molar-refractivity contribution in [3.63, 3.8) is 0 Å². The predicted molar refractivity (Wildman–Crippen MR) is 70.1 cm³/mol. The molecule has 1 aromatic rings. The lowest BCUT2D eigenvalue weighted by Gasteiger charge is -2.46. The SMILES string of the molecule is Cc1nc(C2CN3CCN2CC3)nc(NN)c1C. The molecule has 3 N–H and O–H groups in total. The van der Waals surface area contributed by atoms with Crippen molar-refractivity contribution < 1.29 is 0 Å². The second-order valence-electron chi connectivity index (χ2n) is 5.14. The van der Waals surface area contributed by atoms with E-state index >= 15 is 0 Å². The van der Waals surface area contributed by atoms with Crippen LogP contribution in [0.15, 0.2) is 0 Å². The molecule has 6 heteroatoms. The summed E-state index contributed by atoms with van der Waals surface area (Å²) in [6.45, 7) is 9.61. The van der Waals surface area contributed by atoms with Gasteiger partial charge in [0.1, 0.15) is 11.6 Å². The van der Waals surface area contributed by atoms with E-state index in [1.807, 2.05) is 13.8 Å². The van der Waals surface area contributed by atoms with E-state index in [0.29, 0.717) is 6.04 Å². The van der Waals surface area contributed by atoms with Crippen LogP contribution in [-0.4, -0.2) is 52.5 Å². The molecular formula is C12H20N6. The molecule has 1 unspecified atom stereocenters. The third-order valence-electron chi connectivity index (χ3n) is 4.12. The van der Waals surface area contributed by atoms with Gasteiger partial charge in [0.25, 0.3) is 0 Å². The summed E-state index contributed by atoms with van der Waals surface area (Å²) < 4.78 is 0. The third kappa shape index (κ3) is 1.86. The molecule has 1 atom stereocenters. The van der Waals surface area contributed by atoms with Crippen molar-refractivity contribution in [2.75, 3.05) is 38.1 Å². The summed E-state index contributed by atoms with van der Waals surface area (Å²) in [6.07, 6.45) is 0. The molecule has 0 amide bonds. The summed E-state index contributed by atoms with van der Waals surface area (Å²) in [5.74, 6) is 7.17. The number of piperazine rings is 3. The molecule has 0 aromatic carbocycles. The van der Waals surface area contributed by atoms with E-state index in [4.69, 9.17) is 5.84 Å². The van der Waals surface area contributed by atoms with Crippen molar-refractivity contribution in [2.45, 2.75) is 19.9 Å². The highest BCUT2D eigenvalue weighted by molar-refractivity contribution is 5.44. The molecule has 0 spiro atoms. The van der Waals surface area contributed by atoms with Crippen LogP contribution in [0.5, 0.6) is 0 Å². The first-order chi connectivity index (χ1) is 8.69. The van der Waals surface area contributed by atoms with Crippen molar-refractivity contribution in [1.29, 1.82) is 0 Å². The molecular weight excluding hydrogens is 228 g/mol. The Morgan fingerprint density at radius 1 is 1.17 bits per heavy atom. The Balaban J connectivity index is 1.94. The van der Waals surface area contributed by atoms with E-state index in [0.717, 1.165) is 42.5 Å². The molecule has 2 bridgehead atoms. The maximum Gasteiger partial charge on any atom is 0.149 e. The number of nitrogens with zero attached hydrogens (tertiary/aromatic N) is 4. The largest absolute Gasteiger partial charge is 0.308 e. The summed E-state index contributed by atoms with van der Waals surface area (Å²) in [4.78, 5) is 14.2. The fourth-order valence-electron chi connectivity index (χ4n) is 2.80. The van der Waals surface area contributed by atoms with Gasteiger partial charge in [-0.25, -0.2) is 15.8 Å². The number of fused-ring (bicyclic) bond motifs is 3. The van der Waals surface area contributed by atoms with Crippen molar-refractivity contribution >= 4 is 5.82 Å². The van der Waals surface area contributed by atoms with Crippen LogP contribution in [0.1, 0.15) is 23.1 Å². The van der Waals surface area contributed by atoms with Crippen LogP contribution in [0.25, 0.3) is 0 Å². The van der Waals surface area contributed by atoms with E-state index in [2.05, 4.69) is 25.2 Å². The monoisotopic (exact) mass is 248 g/mol. The Hall–Kier alpha value is -1.24. The molecule has 18 heavy (non-hydrogen) atoms. The number of hydrogen-bond acceptors (Lipinski definition) is 6. The van der Waals surface area contributed by atoms with Gasteiger partial charge in [-0.15, -0.1) is 0 Å². The topological polar surface area (TPSA) is 70.3 Å². The zero-order valence-corrected chi connectivity index (χ0v) is 11.0. The highest BCUT2D eigenvalue weighted by atomic mass is 15.4. The van der Waals surface area contributed by atoms with Gasteiger partial charge >= 0.3 is 0 Å². The Labute approximate surface area is 107 Å². The number of anilines is 1. The van der Waals surface area contributed by atoms with E-state index in [9.17, 15) is 0 Å². The van der Waals surface area contributed by atoms with E-state index in [1.54, 1.807) is 0 Å². The average Bonchev–Trinajstić information content (AvgIpc) is 2.43. The lowest BCUT2D eigenvalue weighted by molar-refractivity contribution is 0.00863. The highest BCUT2D eigenvalue weighted by Gasteiger charge is 2.34. The Bertz CT molecular complexity index is 452. The fraction of sp³-hybridized carbons (Fsp3) is 0.667. The standard InChI is InChI=1S/C12H20N6/c1-8-9(2)14-12(15-11(8)16-13)10-7-17-3-5-18(10)6-4-17/h10H,3-7,13H2,1-2H3,(H,14,15,16). The molecule has 0 radical (unpaired) electrons. The number of nitrogens with two attached hydrogens (primary N) is 1. The summed E-state index contributed by atoms with van der Waals surface area (Å²) in [6, 6.07) is 0.318. The molecule has 98 valence electrons. The summed E-state index contributed by atoms with van der Waals surface area (Å²) >= 11 is 0. The molecule has 6 nitrogen and oxygen atoms in total. The lowest BCUT2D eigenvalue weighted by atomic mass is 10.1. The number of hydrazine groups is 1. The molecule has 0 saturated carbocycles. The highest BCUT2D eigenvalue weighted by Crippen LogP contribution is 2.28. The number of nitrogens with one attached hydrogen (secondary N) is 1. The van der Waals surface area contributed by atoms with Gasteiger partial charge in [0.05, 0.1) is 6.04 Å². The van der Waals surface area contributed by atoms with Crippen molar-refractivity contribution in [2.24, 2.45) is 5.84 Å². The van der Waals surface area contributed by atoms with Gasteiger partial charge < -0.3 is 5.43 Å². The maximum absolute atomic E-state index is 5.53. The number of aromatic nitrogens is 2. The van der Waals surface area contributed by atoms with Crippen molar-refractivity contribution in [1.82, 2.24) is 19.8 Å². The van der Waals surface area contributed by atoms with Crippen LogP contribution < -0.4 is 11.3 Å². The molecule has 3 aliphatic heterocycles. The molecule has 3 fully saturated rings. The first-order valence-electron chi connectivity index (χ1n) is 6.47. The Morgan fingerprint density at radius 2 is 1.89 bits per heavy atom.